The highest BCUT2D eigenvalue weighted by Gasteiger charge is 2.19. The Balaban J connectivity index is 3.02. The maximum Gasteiger partial charge on any atom is 0.137 e. The summed E-state index contributed by atoms with van der Waals surface area (Å²) in [7, 11) is 1.62. The van der Waals surface area contributed by atoms with E-state index in [1.807, 2.05) is 19.1 Å². The molecule has 1 atom stereocenters. The highest BCUT2D eigenvalue weighted by Crippen LogP contribution is 2.34. The second-order valence-corrected chi connectivity index (χ2v) is 6.12. The molecule has 0 aliphatic rings. The van der Waals surface area contributed by atoms with Gasteiger partial charge in [0.2, 0.25) is 0 Å². The third-order valence-electron chi connectivity index (χ3n) is 2.77. The minimum absolute atomic E-state index is 0.0124. The Labute approximate surface area is 109 Å². The Morgan fingerprint density at radius 3 is 2.41 bits per heavy atom. The van der Waals surface area contributed by atoms with Gasteiger partial charge in [-0.3, -0.25) is 0 Å². The van der Waals surface area contributed by atoms with Crippen LogP contribution in [-0.2, 0) is 0 Å². The lowest BCUT2D eigenvalue weighted by Gasteiger charge is -2.25. The Hall–Kier alpha value is -0.730. The molecule has 0 aromatic heterocycles. The highest BCUT2D eigenvalue weighted by atomic mass is 35.5. The fourth-order valence-electron chi connectivity index (χ4n) is 2.00. The topological polar surface area (TPSA) is 35.2 Å². The molecule has 0 spiro atoms. The van der Waals surface area contributed by atoms with Gasteiger partial charge in [-0.25, -0.2) is 0 Å². The van der Waals surface area contributed by atoms with E-state index in [1.165, 1.54) is 0 Å². The first kappa shape index (κ1) is 14.3. The van der Waals surface area contributed by atoms with Crippen LogP contribution in [0, 0.1) is 12.3 Å². The van der Waals surface area contributed by atoms with Crippen LogP contribution in [0.25, 0.3) is 0 Å². The molecule has 2 nitrogen and oxygen atoms in total. The van der Waals surface area contributed by atoms with Crippen LogP contribution in [0.1, 0.15) is 44.4 Å². The van der Waals surface area contributed by atoms with Crippen LogP contribution in [0.2, 0.25) is 5.02 Å². The summed E-state index contributed by atoms with van der Waals surface area (Å²) >= 11 is 6.14. The standard InChI is InChI=1S/C14H22ClNO/c1-9-6-13(17-5)11(15)7-10(9)12(16)8-14(2,3)4/h6-7,12H,8,16H2,1-5H3. The molecular weight excluding hydrogens is 234 g/mol. The summed E-state index contributed by atoms with van der Waals surface area (Å²) in [6, 6.07) is 3.88. The highest BCUT2D eigenvalue weighted by molar-refractivity contribution is 6.32. The molecule has 2 N–H and O–H groups in total. The van der Waals surface area contributed by atoms with Crippen LogP contribution >= 0.6 is 11.6 Å². The van der Waals surface area contributed by atoms with Crippen LogP contribution in [0.3, 0.4) is 0 Å². The van der Waals surface area contributed by atoms with Crippen molar-refractivity contribution in [1.29, 1.82) is 0 Å². The normalized spacial score (nSPS) is 13.6. The lowest BCUT2D eigenvalue weighted by atomic mass is 9.85. The molecular formula is C14H22ClNO. The van der Waals surface area contributed by atoms with Gasteiger partial charge >= 0.3 is 0 Å². The molecule has 0 fully saturated rings. The van der Waals surface area contributed by atoms with Crippen molar-refractivity contribution in [1.82, 2.24) is 0 Å². The fourth-order valence-corrected chi connectivity index (χ4v) is 2.25. The number of rotatable bonds is 3. The summed E-state index contributed by atoms with van der Waals surface area (Å²) in [5, 5.41) is 0.623. The third kappa shape index (κ3) is 3.90. The van der Waals surface area contributed by atoms with Gasteiger partial charge in [0.1, 0.15) is 5.75 Å². The van der Waals surface area contributed by atoms with E-state index in [9.17, 15) is 0 Å². The molecule has 0 amide bonds. The first-order valence-corrected chi connectivity index (χ1v) is 6.22. The first-order chi connectivity index (χ1) is 7.74. The largest absolute Gasteiger partial charge is 0.495 e. The molecule has 1 rings (SSSR count). The molecule has 0 aliphatic heterocycles. The maximum absolute atomic E-state index is 6.24. The van der Waals surface area contributed by atoms with Crippen LogP contribution in [0.15, 0.2) is 12.1 Å². The second kappa shape index (κ2) is 5.28. The van der Waals surface area contributed by atoms with Crippen molar-refractivity contribution in [2.24, 2.45) is 11.1 Å². The van der Waals surface area contributed by atoms with E-state index in [1.54, 1.807) is 7.11 Å². The number of halogens is 1. The summed E-state index contributed by atoms with van der Waals surface area (Å²) in [5.74, 6) is 0.705. The number of aryl methyl sites for hydroxylation is 1. The average Bonchev–Trinajstić information content (AvgIpc) is 2.18. The molecule has 0 heterocycles. The van der Waals surface area contributed by atoms with E-state index in [0.29, 0.717) is 10.8 Å². The summed E-state index contributed by atoms with van der Waals surface area (Å²) in [6.45, 7) is 8.60. The van der Waals surface area contributed by atoms with E-state index in [0.717, 1.165) is 17.5 Å². The Bertz CT molecular complexity index is 396. The van der Waals surface area contributed by atoms with Gasteiger partial charge in [0.05, 0.1) is 12.1 Å². The van der Waals surface area contributed by atoms with Gasteiger partial charge in [-0.05, 0) is 42.0 Å². The van der Waals surface area contributed by atoms with Gasteiger partial charge in [0, 0.05) is 6.04 Å². The molecule has 96 valence electrons. The zero-order chi connectivity index (χ0) is 13.2. The number of nitrogens with two attached hydrogens (primary N) is 1. The van der Waals surface area contributed by atoms with Crippen LogP contribution in [0.4, 0.5) is 0 Å². The lowest BCUT2D eigenvalue weighted by molar-refractivity contribution is 0.342. The molecule has 0 aliphatic carbocycles. The van der Waals surface area contributed by atoms with Crippen molar-refractivity contribution < 1.29 is 4.74 Å². The number of ether oxygens (including phenoxy) is 1. The predicted molar refractivity (Wildman–Crippen MR) is 73.7 cm³/mol. The summed E-state index contributed by atoms with van der Waals surface area (Å²) in [5.41, 5.74) is 8.68. The van der Waals surface area contributed by atoms with Crippen LogP contribution in [-0.4, -0.2) is 7.11 Å². The summed E-state index contributed by atoms with van der Waals surface area (Å²) in [6.07, 6.45) is 0.927. The zero-order valence-corrected chi connectivity index (χ0v) is 12.1. The van der Waals surface area contributed by atoms with E-state index in [2.05, 4.69) is 20.8 Å². The van der Waals surface area contributed by atoms with Crippen molar-refractivity contribution >= 4 is 11.6 Å². The molecule has 0 saturated heterocycles. The predicted octanol–water partition coefficient (Wildman–Crippen LogP) is 4.09. The number of hydrogen-bond donors (Lipinski definition) is 1. The van der Waals surface area contributed by atoms with Gasteiger partial charge in [-0.2, -0.15) is 0 Å². The third-order valence-corrected chi connectivity index (χ3v) is 3.07. The summed E-state index contributed by atoms with van der Waals surface area (Å²) in [4.78, 5) is 0. The second-order valence-electron chi connectivity index (χ2n) is 5.71. The fraction of sp³-hybridized carbons (Fsp3) is 0.571. The number of benzene rings is 1. The van der Waals surface area contributed by atoms with Crippen molar-refractivity contribution in [2.45, 2.75) is 40.2 Å². The number of methoxy groups -OCH3 is 1. The van der Waals surface area contributed by atoms with E-state index < -0.39 is 0 Å². The monoisotopic (exact) mass is 255 g/mol. The first-order valence-electron chi connectivity index (χ1n) is 5.84. The van der Waals surface area contributed by atoms with Crippen molar-refractivity contribution in [3.05, 3.63) is 28.3 Å². The molecule has 0 bridgehead atoms. The minimum atomic E-state index is 0.0124. The van der Waals surface area contributed by atoms with E-state index in [4.69, 9.17) is 22.1 Å². The van der Waals surface area contributed by atoms with E-state index in [-0.39, 0.29) is 11.5 Å². The lowest BCUT2D eigenvalue weighted by Crippen LogP contribution is -2.19. The minimum Gasteiger partial charge on any atom is -0.495 e. The van der Waals surface area contributed by atoms with Gasteiger partial charge < -0.3 is 10.5 Å². The molecule has 1 unspecified atom stereocenters. The molecule has 17 heavy (non-hydrogen) atoms. The quantitative estimate of drug-likeness (QED) is 0.883. The van der Waals surface area contributed by atoms with Crippen LogP contribution in [0.5, 0.6) is 5.75 Å². The molecule has 3 heteroatoms. The van der Waals surface area contributed by atoms with Gasteiger partial charge in [-0.1, -0.05) is 32.4 Å². The van der Waals surface area contributed by atoms with E-state index >= 15 is 0 Å². The summed E-state index contributed by atoms with van der Waals surface area (Å²) < 4.78 is 5.19. The van der Waals surface area contributed by atoms with Gasteiger partial charge in [0.25, 0.3) is 0 Å². The zero-order valence-electron chi connectivity index (χ0n) is 11.3. The van der Waals surface area contributed by atoms with Crippen molar-refractivity contribution in [3.63, 3.8) is 0 Å². The Morgan fingerprint density at radius 1 is 1.35 bits per heavy atom. The van der Waals surface area contributed by atoms with Gasteiger partial charge in [0.15, 0.2) is 0 Å². The van der Waals surface area contributed by atoms with Crippen molar-refractivity contribution in [3.8, 4) is 5.75 Å². The SMILES string of the molecule is COc1cc(C)c(C(N)CC(C)(C)C)cc1Cl. The van der Waals surface area contributed by atoms with Crippen LogP contribution < -0.4 is 10.5 Å². The van der Waals surface area contributed by atoms with Gasteiger partial charge in [-0.15, -0.1) is 0 Å². The number of hydrogen-bond acceptors (Lipinski definition) is 2. The van der Waals surface area contributed by atoms with Crippen molar-refractivity contribution in [2.75, 3.05) is 7.11 Å². The molecule has 0 saturated carbocycles. The molecule has 1 aromatic rings. The Morgan fingerprint density at radius 2 is 1.94 bits per heavy atom. The molecule has 0 radical (unpaired) electrons. The average molecular weight is 256 g/mol. The Kier molecular flexibility index (Phi) is 4.45. The molecule has 1 aromatic carbocycles. The maximum atomic E-state index is 6.24. The smallest absolute Gasteiger partial charge is 0.137 e.